The van der Waals surface area contributed by atoms with E-state index in [4.69, 9.17) is 0 Å². The van der Waals surface area contributed by atoms with Gasteiger partial charge in [-0.25, -0.2) is 0 Å². The second-order valence-corrected chi connectivity index (χ2v) is 5.42. The molecule has 112 valence electrons. The Kier molecular flexibility index (Phi) is 3.55. The lowest BCUT2D eigenvalue weighted by molar-refractivity contribution is -0.118. The summed E-state index contributed by atoms with van der Waals surface area (Å²) in [5.41, 5.74) is 3.04. The van der Waals surface area contributed by atoms with E-state index in [9.17, 15) is 19.8 Å². The first-order chi connectivity index (χ1) is 10.5. The smallest absolute Gasteiger partial charge is 0.228 e. The summed E-state index contributed by atoms with van der Waals surface area (Å²) in [6.45, 7) is 0. The summed E-state index contributed by atoms with van der Waals surface area (Å²) in [4.78, 5) is 23.4. The number of phenols is 2. The lowest BCUT2D eigenvalue weighted by atomic mass is 10.00. The van der Waals surface area contributed by atoms with E-state index in [-0.39, 0.29) is 36.0 Å². The Balaban J connectivity index is 1.70. The normalized spacial score (nSPS) is 12.8. The van der Waals surface area contributed by atoms with Crippen LogP contribution < -0.4 is 5.32 Å². The van der Waals surface area contributed by atoms with Gasteiger partial charge in [0.15, 0.2) is 0 Å². The molecule has 1 amide bonds. The minimum Gasteiger partial charge on any atom is -0.508 e. The second kappa shape index (κ2) is 5.52. The molecular weight excluding hydrogens is 282 g/mol. The van der Waals surface area contributed by atoms with Crippen LogP contribution in [0.5, 0.6) is 11.5 Å². The van der Waals surface area contributed by atoms with E-state index in [1.54, 1.807) is 6.07 Å². The zero-order valence-electron chi connectivity index (χ0n) is 11.8. The van der Waals surface area contributed by atoms with Crippen LogP contribution in [-0.4, -0.2) is 21.9 Å². The molecule has 1 heterocycles. The molecule has 0 aromatic heterocycles. The van der Waals surface area contributed by atoms with Gasteiger partial charge in [0.1, 0.15) is 17.3 Å². The molecule has 2 aromatic carbocycles. The first-order valence-electron chi connectivity index (χ1n) is 6.95. The topological polar surface area (TPSA) is 86.6 Å². The molecule has 3 rings (SSSR count). The van der Waals surface area contributed by atoms with E-state index in [0.717, 1.165) is 16.8 Å². The molecule has 0 atom stereocenters. The van der Waals surface area contributed by atoms with Crippen molar-refractivity contribution >= 4 is 17.4 Å². The standard InChI is InChI=1S/C17H15NO4/c19-13-3-2-11(16(21)9-13)7-14(20)6-10-1-4-15-12(5-10)8-17(22)18-15/h1-5,9,19,21H,6-8H2,(H,18,22). The highest BCUT2D eigenvalue weighted by atomic mass is 16.3. The first-order valence-corrected chi connectivity index (χ1v) is 6.95. The van der Waals surface area contributed by atoms with E-state index in [1.165, 1.54) is 18.2 Å². The Morgan fingerprint density at radius 2 is 1.91 bits per heavy atom. The summed E-state index contributed by atoms with van der Waals surface area (Å²) in [6, 6.07) is 9.68. The van der Waals surface area contributed by atoms with Crippen LogP contribution in [0.2, 0.25) is 0 Å². The Labute approximate surface area is 127 Å². The maximum absolute atomic E-state index is 12.1. The third-order valence-corrected chi connectivity index (χ3v) is 3.65. The van der Waals surface area contributed by atoms with Crippen LogP contribution in [0.25, 0.3) is 0 Å². The van der Waals surface area contributed by atoms with Crippen molar-refractivity contribution in [2.45, 2.75) is 19.3 Å². The molecule has 0 aliphatic carbocycles. The van der Waals surface area contributed by atoms with Gasteiger partial charge in [-0.15, -0.1) is 0 Å². The number of nitrogens with one attached hydrogen (secondary N) is 1. The van der Waals surface area contributed by atoms with Crippen molar-refractivity contribution in [3.63, 3.8) is 0 Å². The number of anilines is 1. The third kappa shape index (κ3) is 2.93. The maximum atomic E-state index is 12.1. The number of amides is 1. The minimum atomic E-state index is -0.0860. The number of fused-ring (bicyclic) bond motifs is 1. The summed E-state index contributed by atoms with van der Waals surface area (Å²) >= 11 is 0. The van der Waals surface area contributed by atoms with Crippen LogP contribution in [-0.2, 0) is 28.9 Å². The molecule has 0 unspecified atom stereocenters. The number of aromatic hydroxyl groups is 2. The summed E-state index contributed by atoms with van der Waals surface area (Å²) in [5, 5.41) is 21.7. The van der Waals surface area contributed by atoms with Gasteiger partial charge in [0, 0.05) is 30.2 Å². The Morgan fingerprint density at radius 1 is 1.09 bits per heavy atom. The van der Waals surface area contributed by atoms with Crippen LogP contribution in [0.3, 0.4) is 0 Å². The van der Waals surface area contributed by atoms with E-state index in [1.807, 2.05) is 12.1 Å². The first kappa shape index (κ1) is 14.1. The highest BCUT2D eigenvalue weighted by Gasteiger charge is 2.18. The highest BCUT2D eigenvalue weighted by molar-refractivity contribution is 5.99. The summed E-state index contributed by atoms with van der Waals surface area (Å²) in [7, 11) is 0. The number of hydrogen-bond acceptors (Lipinski definition) is 4. The van der Waals surface area contributed by atoms with Crippen molar-refractivity contribution < 1.29 is 19.8 Å². The van der Waals surface area contributed by atoms with Crippen LogP contribution in [0, 0.1) is 0 Å². The summed E-state index contributed by atoms with van der Waals surface area (Å²) < 4.78 is 0. The molecule has 0 saturated heterocycles. The van der Waals surface area contributed by atoms with Crippen molar-refractivity contribution in [3.05, 3.63) is 53.1 Å². The largest absolute Gasteiger partial charge is 0.508 e. The molecule has 5 nitrogen and oxygen atoms in total. The fourth-order valence-electron chi connectivity index (χ4n) is 2.60. The van der Waals surface area contributed by atoms with Crippen LogP contribution in [0.4, 0.5) is 5.69 Å². The van der Waals surface area contributed by atoms with Gasteiger partial charge in [-0.2, -0.15) is 0 Å². The lowest BCUT2D eigenvalue weighted by Gasteiger charge is -2.06. The number of rotatable bonds is 4. The molecule has 0 saturated carbocycles. The van der Waals surface area contributed by atoms with Gasteiger partial charge in [0.2, 0.25) is 5.91 Å². The molecule has 0 bridgehead atoms. The van der Waals surface area contributed by atoms with Crippen molar-refractivity contribution in [2.75, 3.05) is 5.32 Å². The fourth-order valence-corrected chi connectivity index (χ4v) is 2.60. The molecule has 0 radical (unpaired) electrons. The van der Waals surface area contributed by atoms with Crippen LogP contribution in [0.1, 0.15) is 16.7 Å². The SMILES string of the molecule is O=C(Cc1ccc2c(c1)CC(=O)N2)Cc1ccc(O)cc1O. The summed E-state index contributed by atoms with van der Waals surface area (Å²) in [5.74, 6) is -0.202. The Morgan fingerprint density at radius 3 is 2.68 bits per heavy atom. The minimum absolute atomic E-state index is 0.0347. The summed E-state index contributed by atoms with van der Waals surface area (Å²) in [6.07, 6.45) is 0.679. The van der Waals surface area contributed by atoms with Gasteiger partial charge in [-0.1, -0.05) is 18.2 Å². The number of carbonyl (C=O) groups excluding carboxylic acids is 2. The molecule has 3 N–H and O–H groups in total. The third-order valence-electron chi connectivity index (χ3n) is 3.65. The molecule has 22 heavy (non-hydrogen) atoms. The van der Waals surface area contributed by atoms with Gasteiger partial charge < -0.3 is 15.5 Å². The zero-order chi connectivity index (χ0) is 15.7. The van der Waals surface area contributed by atoms with Crippen molar-refractivity contribution in [2.24, 2.45) is 0 Å². The quantitative estimate of drug-likeness (QED) is 0.805. The predicted octanol–water partition coefficient (Wildman–Crippen LogP) is 1.95. The number of benzene rings is 2. The van der Waals surface area contributed by atoms with Crippen LogP contribution >= 0.6 is 0 Å². The van der Waals surface area contributed by atoms with Crippen LogP contribution in [0.15, 0.2) is 36.4 Å². The van der Waals surface area contributed by atoms with E-state index in [2.05, 4.69) is 5.32 Å². The molecule has 0 spiro atoms. The molecular formula is C17H15NO4. The number of phenolic OH excluding ortho intramolecular Hbond substituents is 2. The molecule has 2 aromatic rings. The number of carbonyl (C=O) groups is 2. The van der Waals surface area contributed by atoms with Gasteiger partial charge in [0.25, 0.3) is 0 Å². The lowest BCUT2D eigenvalue weighted by Crippen LogP contribution is -2.07. The zero-order valence-corrected chi connectivity index (χ0v) is 11.8. The van der Waals surface area contributed by atoms with Crippen molar-refractivity contribution in [1.82, 2.24) is 0 Å². The van der Waals surface area contributed by atoms with Crippen molar-refractivity contribution in [3.8, 4) is 11.5 Å². The number of Topliss-reactive ketones (excluding diaryl/α,β-unsaturated/α-hetero) is 1. The van der Waals surface area contributed by atoms with E-state index < -0.39 is 0 Å². The Bertz CT molecular complexity index is 767. The van der Waals surface area contributed by atoms with Gasteiger partial charge in [-0.3, -0.25) is 9.59 Å². The van der Waals surface area contributed by atoms with Gasteiger partial charge in [-0.05, 0) is 23.3 Å². The van der Waals surface area contributed by atoms with E-state index >= 15 is 0 Å². The molecule has 1 aliphatic heterocycles. The highest BCUT2D eigenvalue weighted by Crippen LogP contribution is 2.25. The predicted molar refractivity (Wildman–Crippen MR) is 81.0 cm³/mol. The molecule has 1 aliphatic rings. The van der Waals surface area contributed by atoms with E-state index in [0.29, 0.717) is 12.0 Å². The molecule has 0 fully saturated rings. The van der Waals surface area contributed by atoms with Gasteiger partial charge in [0.05, 0.1) is 6.42 Å². The fraction of sp³-hybridized carbons (Fsp3) is 0.176. The number of ketones is 1. The second-order valence-electron chi connectivity index (χ2n) is 5.42. The van der Waals surface area contributed by atoms with Crippen molar-refractivity contribution in [1.29, 1.82) is 0 Å². The van der Waals surface area contributed by atoms with Gasteiger partial charge >= 0.3 is 0 Å². The average molecular weight is 297 g/mol. The monoisotopic (exact) mass is 297 g/mol. The number of hydrogen-bond donors (Lipinski definition) is 3. The maximum Gasteiger partial charge on any atom is 0.228 e. The average Bonchev–Trinajstić information content (AvgIpc) is 2.81. The molecule has 5 heteroatoms. The Hall–Kier alpha value is -2.82.